The molecule has 0 saturated carbocycles. The highest BCUT2D eigenvalue weighted by atomic mass is 16.5. The molecule has 0 saturated heterocycles. The summed E-state index contributed by atoms with van der Waals surface area (Å²) in [7, 11) is 0. The van der Waals surface area contributed by atoms with Crippen molar-refractivity contribution in [3.63, 3.8) is 0 Å². The lowest BCUT2D eigenvalue weighted by atomic mass is 9.58. The van der Waals surface area contributed by atoms with E-state index in [4.69, 9.17) is 9.15 Å². The minimum Gasteiger partial charge on any atom is -0.468 e. The number of rotatable bonds is 2. The van der Waals surface area contributed by atoms with Crippen LogP contribution in [-0.4, -0.2) is 17.2 Å². The summed E-state index contributed by atoms with van der Waals surface area (Å²) in [4.78, 5) is 12.0. The molecule has 0 spiro atoms. The van der Waals surface area contributed by atoms with E-state index in [1.165, 1.54) is 11.6 Å². The fourth-order valence-corrected chi connectivity index (χ4v) is 4.10. The Balaban J connectivity index is 1.92. The Morgan fingerprint density at radius 2 is 2.17 bits per heavy atom. The molecule has 1 heterocycles. The quantitative estimate of drug-likeness (QED) is 0.505. The maximum Gasteiger partial charge on any atom is 0.330 e. The fourth-order valence-electron chi connectivity index (χ4n) is 4.10. The van der Waals surface area contributed by atoms with Crippen LogP contribution in [-0.2, 0) is 16.0 Å². The lowest BCUT2D eigenvalue weighted by Gasteiger charge is -2.49. The zero-order valence-corrected chi connectivity index (χ0v) is 15.1. The molecule has 0 aromatic carbocycles. The molecule has 1 N–H and O–H groups in total. The molecule has 0 bridgehead atoms. The van der Waals surface area contributed by atoms with Crippen LogP contribution in [0.15, 0.2) is 34.0 Å². The van der Waals surface area contributed by atoms with Gasteiger partial charge in [0.15, 0.2) is 0 Å². The predicted molar refractivity (Wildman–Crippen MR) is 91.4 cm³/mol. The van der Waals surface area contributed by atoms with Gasteiger partial charge < -0.3 is 14.3 Å². The zero-order valence-electron chi connectivity index (χ0n) is 15.1. The van der Waals surface area contributed by atoms with E-state index in [9.17, 15) is 9.90 Å². The van der Waals surface area contributed by atoms with Gasteiger partial charge in [0.1, 0.15) is 11.9 Å². The lowest BCUT2D eigenvalue weighted by molar-refractivity contribution is -0.151. The van der Waals surface area contributed by atoms with E-state index in [0.717, 1.165) is 28.9 Å². The van der Waals surface area contributed by atoms with E-state index in [-0.39, 0.29) is 18.0 Å². The second kappa shape index (κ2) is 5.92. The fraction of sp³-hybridized carbons (Fsp3) is 0.550. The maximum atomic E-state index is 12.0. The van der Waals surface area contributed by atoms with Gasteiger partial charge in [0.25, 0.3) is 0 Å². The number of ether oxygens (including phenoxy) is 1. The summed E-state index contributed by atoms with van der Waals surface area (Å²) in [6.07, 6.45) is 5.86. The van der Waals surface area contributed by atoms with E-state index in [1.807, 2.05) is 20.8 Å². The summed E-state index contributed by atoms with van der Waals surface area (Å²) in [6.45, 7) is 9.85. The average Bonchev–Trinajstić information content (AvgIpc) is 2.86. The van der Waals surface area contributed by atoms with Crippen molar-refractivity contribution >= 4 is 5.97 Å². The summed E-state index contributed by atoms with van der Waals surface area (Å²) >= 11 is 0. The minimum absolute atomic E-state index is 0.0180. The molecular formula is C20H26O4. The zero-order chi connectivity index (χ0) is 17.6. The van der Waals surface area contributed by atoms with Crippen molar-refractivity contribution in [1.29, 1.82) is 0 Å². The van der Waals surface area contributed by atoms with E-state index in [0.29, 0.717) is 6.42 Å². The molecule has 4 nitrogen and oxygen atoms in total. The largest absolute Gasteiger partial charge is 0.468 e. The molecule has 1 aromatic rings. The van der Waals surface area contributed by atoms with Gasteiger partial charge in [0, 0.05) is 35.8 Å². The van der Waals surface area contributed by atoms with E-state index < -0.39 is 11.5 Å². The Kier molecular flexibility index (Phi) is 4.20. The number of furan rings is 1. The SMILES string of the molecule is CC(C)=CC(=O)OC1CC=C2Cc3occ(C)c3C(O)C2(C)C1C. The summed E-state index contributed by atoms with van der Waals surface area (Å²) in [5, 5.41) is 11.1. The topological polar surface area (TPSA) is 59.7 Å². The Labute approximate surface area is 143 Å². The molecule has 4 atom stereocenters. The molecule has 3 rings (SSSR count). The van der Waals surface area contributed by atoms with Gasteiger partial charge in [-0.3, -0.25) is 0 Å². The highest BCUT2D eigenvalue weighted by molar-refractivity contribution is 5.82. The second-order valence-corrected chi connectivity index (χ2v) is 7.57. The third-order valence-corrected chi connectivity index (χ3v) is 5.76. The third kappa shape index (κ3) is 2.53. The van der Waals surface area contributed by atoms with Crippen molar-refractivity contribution in [2.24, 2.45) is 11.3 Å². The Morgan fingerprint density at radius 1 is 1.46 bits per heavy atom. The molecule has 0 fully saturated rings. The van der Waals surface area contributed by atoms with E-state index in [2.05, 4.69) is 19.9 Å². The van der Waals surface area contributed by atoms with Crippen LogP contribution >= 0.6 is 0 Å². The molecule has 2 aliphatic rings. The van der Waals surface area contributed by atoms with Crippen molar-refractivity contribution in [3.8, 4) is 0 Å². The smallest absolute Gasteiger partial charge is 0.330 e. The molecule has 130 valence electrons. The Morgan fingerprint density at radius 3 is 2.83 bits per heavy atom. The van der Waals surface area contributed by atoms with Gasteiger partial charge in [-0.1, -0.05) is 31.1 Å². The first kappa shape index (κ1) is 17.0. The van der Waals surface area contributed by atoms with Crippen LogP contribution in [0.5, 0.6) is 0 Å². The number of aliphatic hydroxyl groups excluding tert-OH is 1. The van der Waals surface area contributed by atoms with Gasteiger partial charge in [0.2, 0.25) is 0 Å². The van der Waals surface area contributed by atoms with Gasteiger partial charge in [-0.2, -0.15) is 0 Å². The summed E-state index contributed by atoms with van der Waals surface area (Å²) in [6, 6.07) is 0. The average molecular weight is 330 g/mol. The number of hydrogen-bond donors (Lipinski definition) is 1. The van der Waals surface area contributed by atoms with Crippen LogP contribution in [0.4, 0.5) is 0 Å². The number of aryl methyl sites for hydroxylation is 1. The molecule has 0 radical (unpaired) electrons. The molecular weight excluding hydrogens is 304 g/mol. The first-order chi connectivity index (χ1) is 11.2. The van der Waals surface area contributed by atoms with Crippen molar-refractivity contribution < 1.29 is 19.1 Å². The van der Waals surface area contributed by atoms with Gasteiger partial charge in [-0.05, 0) is 26.3 Å². The number of carbonyl (C=O) groups excluding carboxylic acids is 1. The summed E-state index contributed by atoms with van der Waals surface area (Å²) < 4.78 is 11.3. The number of carbonyl (C=O) groups is 1. The minimum atomic E-state index is -0.647. The van der Waals surface area contributed by atoms with Crippen LogP contribution in [0.2, 0.25) is 0 Å². The molecule has 4 heteroatoms. The number of esters is 1. The lowest BCUT2D eigenvalue weighted by Crippen LogP contribution is -2.47. The van der Waals surface area contributed by atoms with Gasteiger partial charge in [0.05, 0.1) is 12.4 Å². The molecule has 1 aromatic heterocycles. The highest BCUT2D eigenvalue weighted by Gasteiger charge is 2.52. The van der Waals surface area contributed by atoms with Crippen LogP contribution < -0.4 is 0 Å². The Hall–Kier alpha value is -1.81. The monoisotopic (exact) mass is 330 g/mol. The van der Waals surface area contributed by atoms with Crippen LogP contribution in [0, 0.1) is 18.3 Å². The summed E-state index contributed by atoms with van der Waals surface area (Å²) in [5.41, 5.74) is 3.53. The second-order valence-electron chi connectivity index (χ2n) is 7.57. The molecule has 24 heavy (non-hydrogen) atoms. The van der Waals surface area contributed by atoms with Crippen molar-refractivity contribution in [2.45, 2.75) is 59.7 Å². The van der Waals surface area contributed by atoms with E-state index in [1.54, 1.807) is 6.26 Å². The number of aliphatic hydroxyl groups is 1. The maximum absolute atomic E-state index is 12.0. The van der Waals surface area contributed by atoms with Crippen LogP contribution in [0.3, 0.4) is 0 Å². The van der Waals surface area contributed by atoms with E-state index >= 15 is 0 Å². The van der Waals surface area contributed by atoms with Crippen molar-refractivity contribution in [3.05, 3.63) is 46.4 Å². The normalized spacial score (nSPS) is 31.6. The Bertz CT molecular complexity index is 720. The third-order valence-electron chi connectivity index (χ3n) is 5.76. The molecule has 4 unspecified atom stereocenters. The molecule has 2 aliphatic carbocycles. The molecule has 0 amide bonds. The predicted octanol–water partition coefficient (Wildman–Crippen LogP) is 4.03. The van der Waals surface area contributed by atoms with Crippen molar-refractivity contribution in [2.75, 3.05) is 0 Å². The number of fused-ring (bicyclic) bond motifs is 2. The first-order valence-corrected chi connectivity index (χ1v) is 8.55. The highest BCUT2D eigenvalue weighted by Crippen LogP contribution is 2.56. The number of hydrogen-bond acceptors (Lipinski definition) is 4. The van der Waals surface area contributed by atoms with Gasteiger partial charge >= 0.3 is 5.97 Å². The van der Waals surface area contributed by atoms with Crippen molar-refractivity contribution in [1.82, 2.24) is 0 Å². The number of allylic oxidation sites excluding steroid dienone is 1. The van der Waals surface area contributed by atoms with Crippen LogP contribution in [0.25, 0.3) is 0 Å². The van der Waals surface area contributed by atoms with Crippen LogP contribution in [0.1, 0.15) is 57.1 Å². The van der Waals surface area contributed by atoms with Gasteiger partial charge in [-0.25, -0.2) is 4.79 Å². The summed E-state index contributed by atoms with van der Waals surface area (Å²) in [5.74, 6) is 0.568. The standard InChI is InChI=1S/C20H26O4/c1-11(2)8-17(21)24-15-7-6-14-9-16-18(12(3)10-23-16)19(22)20(14,5)13(15)4/h6,8,10,13,15,19,22H,7,9H2,1-5H3. The van der Waals surface area contributed by atoms with Gasteiger partial charge in [-0.15, -0.1) is 0 Å². The molecule has 0 aliphatic heterocycles. The first-order valence-electron chi connectivity index (χ1n) is 8.55.